The molecule has 29 heavy (non-hydrogen) atoms. The van der Waals surface area contributed by atoms with Gasteiger partial charge in [-0.1, -0.05) is 35.9 Å². The molecule has 0 saturated carbocycles. The molecule has 156 valence electrons. The number of nitrogens with one attached hydrogen (secondary N) is 2. The standard InChI is InChI=1S/C23H31N3O2S/c1-17-13-18(2)23(19(3)14-17)25-22(28)16-26(4)15-21(27)24-11-8-12-29-20-9-6-5-7-10-20/h5-7,9-10,13-14H,8,11-12,15-16H2,1-4H3,(H,24,27)(H,25,28). The average molecular weight is 414 g/mol. The number of carbonyl (C=O) groups is 2. The van der Waals surface area contributed by atoms with Crippen molar-refractivity contribution in [3.05, 3.63) is 59.2 Å². The summed E-state index contributed by atoms with van der Waals surface area (Å²) in [6, 6.07) is 14.3. The number of rotatable bonds is 10. The maximum absolute atomic E-state index is 12.3. The molecule has 0 bridgehead atoms. The van der Waals surface area contributed by atoms with Crippen molar-refractivity contribution in [2.24, 2.45) is 0 Å². The summed E-state index contributed by atoms with van der Waals surface area (Å²) in [4.78, 5) is 27.4. The molecule has 0 aliphatic rings. The molecule has 2 amide bonds. The van der Waals surface area contributed by atoms with E-state index in [0.717, 1.165) is 29.0 Å². The van der Waals surface area contributed by atoms with Crippen molar-refractivity contribution in [1.82, 2.24) is 10.2 Å². The molecule has 0 aliphatic heterocycles. The molecule has 0 saturated heterocycles. The molecule has 2 rings (SSSR count). The number of aryl methyl sites for hydroxylation is 3. The summed E-state index contributed by atoms with van der Waals surface area (Å²) < 4.78 is 0. The van der Waals surface area contributed by atoms with Gasteiger partial charge in [-0.2, -0.15) is 0 Å². The Labute approximate surface area is 178 Å². The predicted octanol–water partition coefficient (Wildman–Crippen LogP) is 3.78. The van der Waals surface area contributed by atoms with Crippen molar-refractivity contribution >= 4 is 29.3 Å². The van der Waals surface area contributed by atoms with Gasteiger partial charge in [-0.25, -0.2) is 0 Å². The topological polar surface area (TPSA) is 61.4 Å². The van der Waals surface area contributed by atoms with Gasteiger partial charge in [0.25, 0.3) is 0 Å². The molecule has 0 heterocycles. The minimum Gasteiger partial charge on any atom is -0.355 e. The highest BCUT2D eigenvalue weighted by Crippen LogP contribution is 2.21. The number of carbonyl (C=O) groups excluding carboxylic acids is 2. The highest BCUT2D eigenvalue weighted by molar-refractivity contribution is 7.99. The third kappa shape index (κ3) is 8.30. The van der Waals surface area contributed by atoms with Crippen LogP contribution >= 0.6 is 11.8 Å². The van der Waals surface area contributed by atoms with Crippen LogP contribution in [-0.2, 0) is 9.59 Å². The van der Waals surface area contributed by atoms with Gasteiger partial charge in [0.2, 0.25) is 11.8 Å². The Morgan fingerprint density at radius 2 is 1.59 bits per heavy atom. The first-order chi connectivity index (χ1) is 13.8. The van der Waals surface area contributed by atoms with Crippen LogP contribution in [0.2, 0.25) is 0 Å². The fraction of sp³-hybridized carbons (Fsp3) is 0.391. The Hall–Kier alpha value is -2.31. The van der Waals surface area contributed by atoms with Crippen LogP contribution in [0.5, 0.6) is 0 Å². The Kier molecular flexibility index (Phi) is 9.22. The van der Waals surface area contributed by atoms with E-state index in [9.17, 15) is 9.59 Å². The number of amides is 2. The van der Waals surface area contributed by atoms with Crippen molar-refractivity contribution in [2.45, 2.75) is 32.1 Å². The minimum absolute atomic E-state index is 0.0623. The lowest BCUT2D eigenvalue weighted by Crippen LogP contribution is -2.39. The molecule has 0 aliphatic carbocycles. The van der Waals surface area contributed by atoms with Crippen molar-refractivity contribution in [1.29, 1.82) is 0 Å². The number of anilines is 1. The van der Waals surface area contributed by atoms with Crippen molar-refractivity contribution in [2.75, 3.05) is 37.8 Å². The van der Waals surface area contributed by atoms with Gasteiger partial charge in [0.15, 0.2) is 0 Å². The maximum atomic E-state index is 12.3. The second kappa shape index (κ2) is 11.6. The summed E-state index contributed by atoms with van der Waals surface area (Å²) in [6.07, 6.45) is 0.904. The van der Waals surface area contributed by atoms with E-state index in [1.54, 1.807) is 23.7 Å². The predicted molar refractivity (Wildman–Crippen MR) is 122 cm³/mol. The van der Waals surface area contributed by atoms with Crippen molar-refractivity contribution < 1.29 is 9.59 Å². The molecular formula is C23H31N3O2S. The molecule has 0 fully saturated rings. The van der Waals surface area contributed by atoms with Gasteiger partial charge < -0.3 is 10.6 Å². The van der Waals surface area contributed by atoms with Crippen LogP contribution in [0.1, 0.15) is 23.1 Å². The van der Waals surface area contributed by atoms with Gasteiger partial charge >= 0.3 is 0 Å². The Morgan fingerprint density at radius 1 is 0.966 bits per heavy atom. The summed E-state index contributed by atoms with van der Waals surface area (Å²) in [7, 11) is 1.78. The van der Waals surface area contributed by atoms with E-state index in [1.807, 2.05) is 39.0 Å². The molecule has 2 aromatic carbocycles. The third-order valence-electron chi connectivity index (χ3n) is 4.42. The average Bonchev–Trinajstić information content (AvgIpc) is 2.65. The van der Waals surface area contributed by atoms with E-state index < -0.39 is 0 Å². The van der Waals surface area contributed by atoms with Gasteiger partial charge in [0.05, 0.1) is 13.1 Å². The lowest BCUT2D eigenvalue weighted by atomic mass is 10.1. The Bertz CT molecular complexity index is 801. The van der Waals surface area contributed by atoms with E-state index in [0.29, 0.717) is 6.54 Å². The van der Waals surface area contributed by atoms with Crippen LogP contribution in [-0.4, -0.2) is 49.1 Å². The summed E-state index contributed by atoms with van der Waals surface area (Å²) in [5, 5.41) is 5.89. The molecule has 0 atom stereocenters. The van der Waals surface area contributed by atoms with Crippen LogP contribution in [0.3, 0.4) is 0 Å². The Balaban J connectivity index is 1.65. The molecule has 2 aromatic rings. The fourth-order valence-corrected chi connectivity index (χ4v) is 4.04. The first-order valence-corrected chi connectivity index (χ1v) is 10.8. The number of hydrogen-bond donors (Lipinski definition) is 2. The summed E-state index contributed by atoms with van der Waals surface area (Å²) in [6.45, 7) is 7.03. The summed E-state index contributed by atoms with van der Waals surface area (Å²) >= 11 is 1.78. The molecule has 2 N–H and O–H groups in total. The van der Waals surface area contributed by atoms with Gasteiger partial charge in [-0.15, -0.1) is 11.8 Å². The molecule has 0 spiro atoms. The molecule has 6 heteroatoms. The highest BCUT2D eigenvalue weighted by atomic mass is 32.2. The smallest absolute Gasteiger partial charge is 0.238 e. The summed E-state index contributed by atoms with van der Waals surface area (Å²) in [5.41, 5.74) is 4.12. The normalized spacial score (nSPS) is 10.8. The van der Waals surface area contributed by atoms with Crippen LogP contribution in [0.25, 0.3) is 0 Å². The van der Waals surface area contributed by atoms with E-state index in [4.69, 9.17) is 0 Å². The lowest BCUT2D eigenvalue weighted by molar-refractivity contribution is -0.122. The monoisotopic (exact) mass is 413 g/mol. The zero-order chi connectivity index (χ0) is 21.2. The van der Waals surface area contributed by atoms with E-state index >= 15 is 0 Å². The largest absolute Gasteiger partial charge is 0.355 e. The third-order valence-corrected chi connectivity index (χ3v) is 5.52. The van der Waals surface area contributed by atoms with E-state index in [2.05, 4.69) is 34.9 Å². The number of likely N-dealkylation sites (N-methyl/N-ethyl adjacent to an activating group) is 1. The fourth-order valence-electron chi connectivity index (χ4n) is 3.16. The van der Waals surface area contributed by atoms with Gasteiger partial charge in [0.1, 0.15) is 0 Å². The zero-order valence-electron chi connectivity index (χ0n) is 17.7. The molecule has 0 unspecified atom stereocenters. The van der Waals surface area contributed by atoms with E-state index in [1.165, 1.54) is 10.5 Å². The van der Waals surface area contributed by atoms with Gasteiger partial charge in [-0.3, -0.25) is 14.5 Å². The number of hydrogen-bond acceptors (Lipinski definition) is 4. The first kappa shape index (κ1) is 23.0. The first-order valence-electron chi connectivity index (χ1n) is 9.86. The van der Waals surface area contributed by atoms with E-state index in [-0.39, 0.29) is 24.9 Å². The molecule has 5 nitrogen and oxygen atoms in total. The van der Waals surface area contributed by atoms with Crippen LogP contribution in [0.15, 0.2) is 47.4 Å². The van der Waals surface area contributed by atoms with Crippen LogP contribution in [0.4, 0.5) is 5.69 Å². The quantitative estimate of drug-likeness (QED) is 0.460. The zero-order valence-corrected chi connectivity index (χ0v) is 18.6. The number of nitrogens with zero attached hydrogens (tertiary/aromatic N) is 1. The molecule has 0 aromatic heterocycles. The lowest BCUT2D eigenvalue weighted by Gasteiger charge is -2.18. The molecule has 0 radical (unpaired) electrons. The minimum atomic E-state index is -0.116. The second-order valence-electron chi connectivity index (χ2n) is 7.36. The number of thioether (sulfide) groups is 1. The van der Waals surface area contributed by atoms with Gasteiger partial charge in [-0.05, 0) is 63.3 Å². The SMILES string of the molecule is Cc1cc(C)c(NC(=O)CN(C)CC(=O)NCCCSc2ccccc2)c(C)c1. The molecular weight excluding hydrogens is 382 g/mol. The Morgan fingerprint density at radius 3 is 2.24 bits per heavy atom. The van der Waals surface area contributed by atoms with Crippen LogP contribution in [0, 0.1) is 20.8 Å². The van der Waals surface area contributed by atoms with Crippen molar-refractivity contribution in [3.63, 3.8) is 0 Å². The number of benzene rings is 2. The van der Waals surface area contributed by atoms with Crippen molar-refractivity contribution in [3.8, 4) is 0 Å². The van der Waals surface area contributed by atoms with Crippen LogP contribution < -0.4 is 10.6 Å². The van der Waals surface area contributed by atoms with Gasteiger partial charge in [0, 0.05) is 17.1 Å². The highest BCUT2D eigenvalue weighted by Gasteiger charge is 2.13. The second-order valence-corrected chi connectivity index (χ2v) is 8.53. The maximum Gasteiger partial charge on any atom is 0.238 e. The summed E-state index contributed by atoms with van der Waals surface area (Å²) in [5.74, 6) is 0.778.